The highest BCUT2D eigenvalue weighted by atomic mass is 31.2. The fourth-order valence-electron chi connectivity index (χ4n) is 1.65. The first-order chi connectivity index (χ1) is 8.61. The number of phosphoric acid groups is 1. The molecule has 11 heteroatoms. The lowest BCUT2D eigenvalue weighted by molar-refractivity contribution is -0.252. The van der Waals surface area contributed by atoms with Gasteiger partial charge in [0.25, 0.3) is 0 Å². The van der Waals surface area contributed by atoms with E-state index in [4.69, 9.17) is 14.5 Å². The Morgan fingerprint density at radius 2 is 1.89 bits per heavy atom. The zero-order chi connectivity index (χ0) is 14.8. The van der Waals surface area contributed by atoms with E-state index >= 15 is 0 Å². The number of ether oxygens (including phenoxy) is 1. The molecule has 0 spiro atoms. The topological polar surface area (TPSA) is 166 Å². The minimum atomic E-state index is -4.76. The van der Waals surface area contributed by atoms with E-state index in [1.54, 1.807) is 0 Å². The van der Waals surface area contributed by atoms with Gasteiger partial charge in [-0.3, -0.25) is 9.32 Å². The predicted octanol–water partition coefficient (Wildman–Crippen LogP) is -2.96. The Morgan fingerprint density at radius 3 is 2.37 bits per heavy atom. The average molecular weight is 301 g/mol. The summed E-state index contributed by atoms with van der Waals surface area (Å²) in [6, 6.07) is -1.25. The molecule has 0 saturated carbocycles. The van der Waals surface area contributed by atoms with Crippen LogP contribution in [0, 0.1) is 0 Å². The van der Waals surface area contributed by atoms with Crippen LogP contribution in [0.2, 0.25) is 0 Å². The van der Waals surface area contributed by atoms with Gasteiger partial charge in [-0.25, -0.2) is 4.57 Å². The van der Waals surface area contributed by atoms with Crippen LogP contribution in [0.5, 0.6) is 0 Å². The van der Waals surface area contributed by atoms with Gasteiger partial charge in [0.1, 0.15) is 24.4 Å². The molecular weight excluding hydrogens is 285 g/mol. The van der Waals surface area contributed by atoms with Crippen molar-refractivity contribution < 1.29 is 43.7 Å². The van der Waals surface area contributed by atoms with E-state index in [1.807, 2.05) is 0 Å². The largest absolute Gasteiger partial charge is 0.469 e. The molecule has 1 amide bonds. The maximum atomic E-state index is 10.9. The van der Waals surface area contributed by atoms with E-state index in [2.05, 4.69) is 9.84 Å². The van der Waals surface area contributed by atoms with Crippen LogP contribution in [0.4, 0.5) is 0 Å². The predicted molar refractivity (Wildman–Crippen MR) is 58.5 cm³/mol. The number of carbonyl (C=O) groups is 1. The Labute approximate surface area is 108 Å². The molecule has 5 atom stereocenters. The first kappa shape index (κ1) is 16.5. The normalized spacial score (nSPS) is 36.0. The average Bonchev–Trinajstić information content (AvgIpc) is 2.26. The highest BCUT2D eigenvalue weighted by Crippen LogP contribution is 2.36. The lowest BCUT2D eigenvalue weighted by atomic mass is 9.97. The van der Waals surface area contributed by atoms with Gasteiger partial charge in [-0.15, -0.1) is 0 Å². The number of hydrogen-bond acceptors (Lipinski definition) is 7. The summed E-state index contributed by atoms with van der Waals surface area (Å²) in [6.45, 7) is 0.418. The van der Waals surface area contributed by atoms with Gasteiger partial charge in [0.15, 0.2) is 6.29 Å². The molecule has 112 valence electrons. The number of rotatable bonds is 4. The zero-order valence-corrected chi connectivity index (χ0v) is 10.8. The monoisotopic (exact) mass is 301 g/mol. The van der Waals surface area contributed by atoms with Crippen LogP contribution >= 0.6 is 7.82 Å². The van der Waals surface area contributed by atoms with Crippen molar-refractivity contribution in [2.24, 2.45) is 0 Å². The molecular formula is C8H16NO9P. The molecule has 1 rings (SSSR count). The van der Waals surface area contributed by atoms with Crippen LogP contribution < -0.4 is 5.32 Å². The van der Waals surface area contributed by atoms with Crippen LogP contribution in [0.3, 0.4) is 0 Å². The standard InChI is InChI=1S/C8H16NO9P/c1-3(10)9-5-7(12)6(11)4(18-8(5)13)2-17-19(14,15)16/h4-8,11-13H,2H2,1H3,(H,9,10)(H2,14,15,16)/t4-,5+,6-,7-,8-/m1/s1. The van der Waals surface area contributed by atoms with Gasteiger partial charge in [-0.2, -0.15) is 0 Å². The SMILES string of the molecule is CC(=O)N[C@H]1[C@@H](O)[C@H](O)[C@@H](COP(=O)(O)O)O[C@H]1O. The molecule has 6 N–H and O–H groups in total. The smallest absolute Gasteiger partial charge is 0.388 e. The zero-order valence-electron chi connectivity index (χ0n) is 9.91. The van der Waals surface area contributed by atoms with Crippen LogP contribution in [-0.2, 0) is 18.6 Å². The van der Waals surface area contributed by atoms with Crippen molar-refractivity contribution in [1.29, 1.82) is 0 Å². The molecule has 0 aromatic rings. The molecule has 10 nitrogen and oxygen atoms in total. The van der Waals surface area contributed by atoms with E-state index in [0.717, 1.165) is 6.92 Å². The number of carbonyl (C=O) groups excluding carboxylic acids is 1. The van der Waals surface area contributed by atoms with E-state index in [0.29, 0.717) is 0 Å². The van der Waals surface area contributed by atoms with Gasteiger partial charge in [-0.05, 0) is 0 Å². The second kappa shape index (κ2) is 6.25. The molecule has 0 bridgehead atoms. The second-order valence-electron chi connectivity index (χ2n) is 4.06. The van der Waals surface area contributed by atoms with Gasteiger partial charge in [0.2, 0.25) is 5.91 Å². The maximum absolute atomic E-state index is 10.9. The number of hydrogen-bond donors (Lipinski definition) is 6. The third kappa shape index (κ3) is 4.79. The first-order valence-corrected chi connectivity index (χ1v) is 6.81. The molecule has 1 heterocycles. The Kier molecular flexibility index (Phi) is 5.42. The summed E-state index contributed by atoms with van der Waals surface area (Å²) < 4.78 is 19.5. The van der Waals surface area contributed by atoms with E-state index in [1.165, 1.54) is 0 Å². The molecule has 1 aliphatic rings. The lowest BCUT2D eigenvalue weighted by Crippen LogP contribution is -2.64. The Bertz CT molecular complexity index is 371. The summed E-state index contributed by atoms with van der Waals surface area (Å²) in [5, 5.41) is 31.1. The van der Waals surface area contributed by atoms with E-state index < -0.39 is 51.0 Å². The minimum Gasteiger partial charge on any atom is -0.388 e. The number of phosphoric ester groups is 1. The molecule has 0 aliphatic carbocycles. The molecule has 1 saturated heterocycles. The van der Waals surface area contributed by atoms with Crippen molar-refractivity contribution in [1.82, 2.24) is 5.32 Å². The van der Waals surface area contributed by atoms with Crippen molar-refractivity contribution in [3.63, 3.8) is 0 Å². The summed E-state index contributed by atoms with van der Waals surface area (Å²) in [5.74, 6) is -0.552. The number of aliphatic hydroxyl groups is 3. The lowest BCUT2D eigenvalue weighted by Gasteiger charge is -2.40. The maximum Gasteiger partial charge on any atom is 0.469 e. The summed E-state index contributed by atoms with van der Waals surface area (Å²) in [4.78, 5) is 27.9. The second-order valence-corrected chi connectivity index (χ2v) is 5.30. The van der Waals surface area contributed by atoms with Crippen molar-refractivity contribution in [2.75, 3.05) is 6.61 Å². The van der Waals surface area contributed by atoms with Crippen LogP contribution in [0.15, 0.2) is 0 Å². The molecule has 0 aromatic carbocycles. The minimum absolute atomic E-state index is 0.552. The summed E-state index contributed by atoms with van der Waals surface area (Å²) >= 11 is 0. The fraction of sp³-hybridized carbons (Fsp3) is 0.875. The highest BCUT2D eigenvalue weighted by molar-refractivity contribution is 7.46. The number of amides is 1. The molecule has 0 aromatic heterocycles. The summed E-state index contributed by atoms with van der Waals surface area (Å²) in [6.07, 6.45) is -6.15. The Balaban J connectivity index is 2.66. The Hall–Kier alpha value is -0.580. The number of aliphatic hydroxyl groups excluding tert-OH is 3. The van der Waals surface area contributed by atoms with Crippen LogP contribution in [0.1, 0.15) is 6.92 Å². The van der Waals surface area contributed by atoms with Crippen molar-refractivity contribution in [2.45, 2.75) is 37.6 Å². The van der Waals surface area contributed by atoms with E-state index in [-0.39, 0.29) is 0 Å². The first-order valence-electron chi connectivity index (χ1n) is 5.28. The molecule has 0 unspecified atom stereocenters. The van der Waals surface area contributed by atoms with Gasteiger partial charge < -0.3 is 35.2 Å². The Morgan fingerprint density at radius 1 is 1.32 bits per heavy atom. The quantitative estimate of drug-likeness (QED) is 0.297. The van der Waals surface area contributed by atoms with Gasteiger partial charge in [-0.1, -0.05) is 0 Å². The van der Waals surface area contributed by atoms with Gasteiger partial charge in [0, 0.05) is 6.92 Å². The third-order valence-corrected chi connectivity index (χ3v) is 2.98. The highest BCUT2D eigenvalue weighted by Gasteiger charge is 2.44. The molecule has 19 heavy (non-hydrogen) atoms. The van der Waals surface area contributed by atoms with Crippen molar-refractivity contribution in [3.05, 3.63) is 0 Å². The van der Waals surface area contributed by atoms with Gasteiger partial charge >= 0.3 is 7.82 Å². The van der Waals surface area contributed by atoms with Crippen LogP contribution in [-0.4, -0.2) is 68.3 Å². The summed E-state index contributed by atoms with van der Waals surface area (Å²) in [5.41, 5.74) is 0. The molecule has 0 radical (unpaired) electrons. The molecule has 1 aliphatic heterocycles. The van der Waals surface area contributed by atoms with Crippen LogP contribution in [0.25, 0.3) is 0 Å². The van der Waals surface area contributed by atoms with Crippen molar-refractivity contribution in [3.8, 4) is 0 Å². The number of nitrogens with one attached hydrogen (secondary N) is 1. The fourth-order valence-corrected chi connectivity index (χ4v) is 1.99. The summed E-state index contributed by atoms with van der Waals surface area (Å²) in [7, 11) is -4.76. The third-order valence-electron chi connectivity index (χ3n) is 2.50. The molecule has 1 fully saturated rings. The van der Waals surface area contributed by atoms with Crippen molar-refractivity contribution >= 4 is 13.7 Å². The van der Waals surface area contributed by atoms with Gasteiger partial charge in [0.05, 0.1) is 6.61 Å². The van der Waals surface area contributed by atoms with E-state index in [9.17, 15) is 24.7 Å².